The standard InChI is InChI=1S/C41H53N7O6/c1-26(2)35-40(53)45-32(24-28-16-8-5-9-17-28)41(54)48(4)27(3)37(50)47-36(34(29-18-10-6-11-19-29)30-20-12-7-13-21-30)39(52)43-25-33(49)44-31(38(51)46-35)22-14-15-23-42/h5-13,16-21,26-27,31-32,34-36H,14-15,22-25,42H2,1-4H3,(H,43,52)(H,44,49)(H,45,53)(H,46,51)(H,47,50). The van der Waals surface area contributed by atoms with Crippen molar-refractivity contribution in [1.29, 1.82) is 0 Å². The van der Waals surface area contributed by atoms with Gasteiger partial charge in [-0.3, -0.25) is 28.8 Å². The minimum Gasteiger partial charge on any atom is -0.345 e. The van der Waals surface area contributed by atoms with Crippen LogP contribution >= 0.6 is 0 Å². The molecule has 54 heavy (non-hydrogen) atoms. The third-order valence-corrected chi connectivity index (χ3v) is 9.70. The zero-order chi connectivity index (χ0) is 39.2. The number of nitrogens with zero attached hydrogens (tertiary/aromatic N) is 1. The van der Waals surface area contributed by atoms with Gasteiger partial charge in [0.15, 0.2) is 0 Å². The number of likely N-dealkylation sites (N-methyl/N-ethyl adjacent to an activating group) is 1. The van der Waals surface area contributed by atoms with Crippen LogP contribution in [0, 0.1) is 5.92 Å². The molecule has 4 rings (SSSR count). The van der Waals surface area contributed by atoms with Gasteiger partial charge in [0, 0.05) is 19.4 Å². The summed E-state index contributed by atoms with van der Waals surface area (Å²) in [6.45, 7) is 4.95. The lowest BCUT2D eigenvalue weighted by atomic mass is 9.84. The molecule has 1 heterocycles. The molecule has 0 radical (unpaired) electrons. The molecule has 288 valence electrons. The summed E-state index contributed by atoms with van der Waals surface area (Å²) in [6.07, 6.45) is 1.45. The maximum Gasteiger partial charge on any atom is 0.245 e. The Kier molecular flexibility index (Phi) is 15.3. The fourth-order valence-corrected chi connectivity index (χ4v) is 6.47. The number of nitrogens with one attached hydrogen (secondary N) is 5. The van der Waals surface area contributed by atoms with Gasteiger partial charge in [-0.2, -0.15) is 0 Å². The maximum atomic E-state index is 14.2. The van der Waals surface area contributed by atoms with Crippen LogP contribution in [-0.4, -0.2) is 90.7 Å². The molecule has 0 saturated carbocycles. The van der Waals surface area contributed by atoms with E-state index in [1.807, 2.05) is 91.0 Å². The first-order chi connectivity index (χ1) is 25.9. The fourth-order valence-electron chi connectivity index (χ4n) is 6.47. The fraction of sp³-hybridized carbons (Fsp3) is 0.415. The number of hydrogen-bond donors (Lipinski definition) is 6. The Morgan fingerprint density at radius 2 is 1.22 bits per heavy atom. The Hall–Kier alpha value is -5.56. The molecule has 13 nitrogen and oxygen atoms in total. The molecule has 1 aliphatic rings. The average Bonchev–Trinajstić information content (AvgIpc) is 3.17. The van der Waals surface area contributed by atoms with Crippen molar-refractivity contribution < 1.29 is 28.8 Å². The number of unbranched alkanes of at least 4 members (excludes halogenated alkanes) is 1. The summed E-state index contributed by atoms with van der Waals surface area (Å²) < 4.78 is 0. The summed E-state index contributed by atoms with van der Waals surface area (Å²) in [7, 11) is 1.47. The first-order valence-corrected chi connectivity index (χ1v) is 18.5. The highest BCUT2D eigenvalue weighted by molar-refractivity contribution is 5.98. The van der Waals surface area contributed by atoms with Gasteiger partial charge in [0.1, 0.15) is 30.2 Å². The Morgan fingerprint density at radius 1 is 0.667 bits per heavy atom. The quantitative estimate of drug-likeness (QED) is 0.171. The van der Waals surface area contributed by atoms with Gasteiger partial charge in [0.25, 0.3) is 0 Å². The second-order valence-corrected chi connectivity index (χ2v) is 14.0. The largest absolute Gasteiger partial charge is 0.345 e. The summed E-state index contributed by atoms with van der Waals surface area (Å²) in [4.78, 5) is 84.8. The molecular weight excluding hydrogens is 686 g/mol. The molecule has 0 aliphatic carbocycles. The first-order valence-electron chi connectivity index (χ1n) is 18.5. The smallest absolute Gasteiger partial charge is 0.245 e. The molecule has 5 atom stereocenters. The summed E-state index contributed by atoms with van der Waals surface area (Å²) in [6, 6.07) is 22.0. The molecule has 3 aromatic rings. The zero-order valence-corrected chi connectivity index (χ0v) is 31.4. The van der Waals surface area contributed by atoms with Gasteiger partial charge in [-0.05, 0) is 55.3 Å². The van der Waals surface area contributed by atoms with E-state index in [-0.39, 0.29) is 12.8 Å². The van der Waals surface area contributed by atoms with E-state index in [1.165, 1.54) is 18.9 Å². The number of nitrogens with two attached hydrogens (primary N) is 1. The highest BCUT2D eigenvalue weighted by atomic mass is 16.2. The number of carbonyl (C=O) groups excluding carboxylic acids is 6. The van der Waals surface area contributed by atoms with Gasteiger partial charge in [-0.1, -0.05) is 105 Å². The van der Waals surface area contributed by atoms with Gasteiger partial charge in [0.2, 0.25) is 35.4 Å². The van der Waals surface area contributed by atoms with Gasteiger partial charge in [-0.25, -0.2) is 0 Å². The van der Waals surface area contributed by atoms with Crippen LogP contribution in [0.4, 0.5) is 0 Å². The molecule has 0 bridgehead atoms. The lowest BCUT2D eigenvalue weighted by Crippen LogP contribution is -2.61. The Morgan fingerprint density at radius 3 is 1.78 bits per heavy atom. The van der Waals surface area contributed by atoms with Crippen molar-refractivity contribution in [2.75, 3.05) is 20.1 Å². The lowest BCUT2D eigenvalue weighted by Gasteiger charge is -2.33. The van der Waals surface area contributed by atoms with Crippen molar-refractivity contribution >= 4 is 35.4 Å². The molecule has 5 unspecified atom stereocenters. The molecule has 13 heteroatoms. The van der Waals surface area contributed by atoms with Gasteiger partial charge in [0.05, 0.1) is 6.54 Å². The molecule has 1 aliphatic heterocycles. The van der Waals surface area contributed by atoms with E-state index < -0.39 is 84.0 Å². The summed E-state index contributed by atoms with van der Waals surface area (Å²) in [5.41, 5.74) is 7.93. The van der Waals surface area contributed by atoms with E-state index in [0.717, 1.165) is 16.7 Å². The minimum absolute atomic E-state index is 0.107. The summed E-state index contributed by atoms with van der Waals surface area (Å²) in [5, 5.41) is 13.9. The van der Waals surface area contributed by atoms with Crippen LogP contribution in [-0.2, 0) is 35.2 Å². The zero-order valence-electron chi connectivity index (χ0n) is 31.4. The van der Waals surface area contributed by atoms with Gasteiger partial charge < -0.3 is 37.2 Å². The van der Waals surface area contributed by atoms with Gasteiger partial charge >= 0.3 is 0 Å². The van der Waals surface area contributed by atoms with Crippen LogP contribution in [0.1, 0.15) is 62.6 Å². The maximum absolute atomic E-state index is 14.2. The van der Waals surface area contributed by atoms with Crippen LogP contribution in [0.25, 0.3) is 0 Å². The van der Waals surface area contributed by atoms with Crippen molar-refractivity contribution in [2.24, 2.45) is 11.7 Å². The van der Waals surface area contributed by atoms with Crippen molar-refractivity contribution in [3.8, 4) is 0 Å². The Bertz CT molecular complexity index is 1680. The minimum atomic E-state index is -1.23. The van der Waals surface area contributed by atoms with E-state index >= 15 is 0 Å². The lowest BCUT2D eigenvalue weighted by molar-refractivity contribution is -0.142. The summed E-state index contributed by atoms with van der Waals surface area (Å²) in [5.74, 6) is -4.70. The van der Waals surface area contributed by atoms with Crippen LogP contribution in [0.3, 0.4) is 0 Å². The van der Waals surface area contributed by atoms with Crippen molar-refractivity contribution in [3.05, 3.63) is 108 Å². The van der Waals surface area contributed by atoms with E-state index in [9.17, 15) is 28.8 Å². The third kappa shape index (κ3) is 11.2. The molecular formula is C41H53N7O6. The second kappa shape index (κ2) is 20.0. The van der Waals surface area contributed by atoms with Gasteiger partial charge in [-0.15, -0.1) is 0 Å². The first kappa shape index (κ1) is 41.2. The average molecular weight is 740 g/mol. The van der Waals surface area contributed by atoms with Crippen LogP contribution in [0.5, 0.6) is 0 Å². The molecule has 0 spiro atoms. The molecule has 0 aromatic heterocycles. The number of benzene rings is 3. The second-order valence-electron chi connectivity index (χ2n) is 14.0. The SMILES string of the molecule is CC(C)C1NC(=O)C(CCCCN)NC(=O)CNC(=O)C(C(c2ccccc2)c2ccccc2)NC(=O)C(C)N(C)C(=O)C(Cc2ccccc2)NC1=O. The number of carbonyl (C=O) groups is 6. The highest BCUT2D eigenvalue weighted by Gasteiger charge is 2.38. The van der Waals surface area contributed by atoms with E-state index in [4.69, 9.17) is 5.73 Å². The number of amides is 6. The van der Waals surface area contributed by atoms with Crippen molar-refractivity contribution in [3.63, 3.8) is 0 Å². The third-order valence-electron chi connectivity index (χ3n) is 9.70. The van der Waals surface area contributed by atoms with Crippen molar-refractivity contribution in [2.45, 2.75) is 82.6 Å². The van der Waals surface area contributed by atoms with E-state index in [0.29, 0.717) is 19.4 Å². The normalized spacial score (nSPS) is 22.4. The van der Waals surface area contributed by atoms with E-state index in [2.05, 4.69) is 26.6 Å². The van der Waals surface area contributed by atoms with E-state index in [1.54, 1.807) is 13.8 Å². The molecule has 1 saturated heterocycles. The molecule has 6 amide bonds. The molecule has 3 aromatic carbocycles. The molecule has 1 fully saturated rings. The predicted octanol–water partition coefficient (Wildman–Crippen LogP) is 1.76. The number of rotatable bonds is 10. The van der Waals surface area contributed by atoms with Crippen molar-refractivity contribution in [1.82, 2.24) is 31.5 Å². The highest BCUT2D eigenvalue weighted by Crippen LogP contribution is 2.29. The Balaban J connectivity index is 1.78. The predicted molar refractivity (Wildman–Crippen MR) is 206 cm³/mol. The van der Waals surface area contributed by atoms with Crippen LogP contribution in [0.2, 0.25) is 0 Å². The van der Waals surface area contributed by atoms with Crippen LogP contribution in [0.15, 0.2) is 91.0 Å². The number of hydrogen-bond acceptors (Lipinski definition) is 7. The summed E-state index contributed by atoms with van der Waals surface area (Å²) >= 11 is 0. The topological polar surface area (TPSA) is 192 Å². The Labute approximate surface area is 317 Å². The molecule has 7 N–H and O–H groups in total. The monoisotopic (exact) mass is 739 g/mol. The van der Waals surface area contributed by atoms with Crippen LogP contribution < -0.4 is 32.3 Å².